The third-order valence-corrected chi connectivity index (χ3v) is 1.25. The van der Waals surface area contributed by atoms with Crippen molar-refractivity contribution < 1.29 is 9.94 Å². The molecule has 1 aromatic heterocycles. The fourth-order valence-electron chi connectivity index (χ4n) is 0.814. The zero-order chi connectivity index (χ0) is 8.81. The van der Waals surface area contributed by atoms with Crippen LogP contribution in [-0.4, -0.2) is 23.0 Å². The minimum atomic E-state index is 0.573. The lowest BCUT2D eigenvalue weighted by Gasteiger charge is -2.01. The van der Waals surface area contributed by atoms with Crippen LogP contribution in [0.3, 0.4) is 0 Å². The van der Waals surface area contributed by atoms with Gasteiger partial charge in [0.25, 0.3) is 0 Å². The lowest BCUT2D eigenvalue weighted by molar-refractivity contribution is 0.321. The average molecular weight is 166 g/mol. The van der Waals surface area contributed by atoms with Gasteiger partial charge in [0, 0.05) is 12.3 Å². The van der Waals surface area contributed by atoms with Gasteiger partial charge in [-0.3, -0.25) is 4.98 Å². The van der Waals surface area contributed by atoms with Crippen molar-refractivity contribution in [1.29, 1.82) is 0 Å². The van der Waals surface area contributed by atoms with Crippen molar-refractivity contribution in [2.45, 2.75) is 6.92 Å². The van der Waals surface area contributed by atoms with Gasteiger partial charge in [0.2, 0.25) is 0 Å². The van der Waals surface area contributed by atoms with E-state index in [0.717, 1.165) is 5.75 Å². The summed E-state index contributed by atoms with van der Waals surface area (Å²) in [5.41, 5.74) is 0.573. The fourth-order valence-corrected chi connectivity index (χ4v) is 0.814. The van der Waals surface area contributed by atoms with Crippen molar-refractivity contribution in [1.82, 2.24) is 4.98 Å². The van der Waals surface area contributed by atoms with Crippen molar-refractivity contribution in [3.05, 3.63) is 24.0 Å². The van der Waals surface area contributed by atoms with Crippen molar-refractivity contribution >= 4 is 6.21 Å². The monoisotopic (exact) mass is 166 g/mol. The summed E-state index contributed by atoms with van der Waals surface area (Å²) >= 11 is 0. The summed E-state index contributed by atoms with van der Waals surface area (Å²) in [5, 5.41) is 11.1. The second-order valence-electron chi connectivity index (χ2n) is 2.09. The standard InChI is InChI=1S/C8H10N2O2/c1-2-12-8-3-4-9-7(5-8)6-10-11/h3-6,11H,2H2,1H3. The van der Waals surface area contributed by atoms with Crippen LogP contribution >= 0.6 is 0 Å². The summed E-state index contributed by atoms with van der Waals surface area (Å²) < 4.78 is 5.21. The molecule has 0 aromatic carbocycles. The van der Waals surface area contributed by atoms with Gasteiger partial charge in [-0.05, 0) is 13.0 Å². The van der Waals surface area contributed by atoms with Crippen LogP contribution in [-0.2, 0) is 0 Å². The maximum atomic E-state index is 8.23. The van der Waals surface area contributed by atoms with E-state index in [9.17, 15) is 0 Å². The highest BCUT2D eigenvalue weighted by Crippen LogP contribution is 2.09. The largest absolute Gasteiger partial charge is 0.494 e. The second-order valence-corrected chi connectivity index (χ2v) is 2.09. The van der Waals surface area contributed by atoms with Crippen molar-refractivity contribution in [2.75, 3.05) is 6.61 Å². The highest BCUT2D eigenvalue weighted by Gasteiger charge is 1.93. The van der Waals surface area contributed by atoms with Gasteiger partial charge in [0.15, 0.2) is 0 Å². The Hall–Kier alpha value is -1.58. The van der Waals surface area contributed by atoms with Crippen molar-refractivity contribution in [3.8, 4) is 5.75 Å². The Kier molecular flexibility index (Phi) is 3.07. The first-order chi connectivity index (χ1) is 5.86. The summed E-state index contributed by atoms with van der Waals surface area (Å²) in [5.74, 6) is 0.724. The molecule has 0 spiro atoms. The van der Waals surface area contributed by atoms with Gasteiger partial charge >= 0.3 is 0 Å². The molecule has 4 heteroatoms. The third kappa shape index (κ3) is 2.23. The molecule has 1 heterocycles. The Morgan fingerprint density at radius 2 is 2.58 bits per heavy atom. The molecule has 0 saturated heterocycles. The molecule has 4 nitrogen and oxygen atoms in total. The van der Waals surface area contributed by atoms with Crippen LogP contribution in [0, 0.1) is 0 Å². The van der Waals surface area contributed by atoms with E-state index in [-0.39, 0.29) is 0 Å². The first kappa shape index (κ1) is 8.52. The summed E-state index contributed by atoms with van der Waals surface area (Å²) in [4.78, 5) is 3.92. The molecular formula is C8H10N2O2. The molecule has 0 aliphatic rings. The molecule has 0 unspecified atom stereocenters. The topological polar surface area (TPSA) is 54.7 Å². The lowest BCUT2D eigenvalue weighted by Crippen LogP contribution is -1.93. The number of pyridine rings is 1. The highest BCUT2D eigenvalue weighted by molar-refractivity contribution is 5.76. The summed E-state index contributed by atoms with van der Waals surface area (Å²) in [6.45, 7) is 2.51. The van der Waals surface area contributed by atoms with Crippen LogP contribution in [0.1, 0.15) is 12.6 Å². The lowest BCUT2D eigenvalue weighted by atomic mass is 10.3. The molecule has 12 heavy (non-hydrogen) atoms. The number of oxime groups is 1. The van der Waals surface area contributed by atoms with Crippen molar-refractivity contribution in [3.63, 3.8) is 0 Å². The van der Waals surface area contributed by atoms with Crippen LogP contribution in [0.5, 0.6) is 5.75 Å². The molecule has 1 aromatic rings. The Morgan fingerprint density at radius 1 is 1.75 bits per heavy atom. The van der Waals surface area contributed by atoms with Crippen LogP contribution in [0.25, 0.3) is 0 Å². The number of ether oxygens (including phenoxy) is 1. The quantitative estimate of drug-likeness (QED) is 0.418. The van der Waals surface area contributed by atoms with E-state index >= 15 is 0 Å². The fraction of sp³-hybridized carbons (Fsp3) is 0.250. The van der Waals surface area contributed by atoms with Gasteiger partial charge in [0.1, 0.15) is 5.75 Å². The first-order valence-corrected chi connectivity index (χ1v) is 3.63. The van der Waals surface area contributed by atoms with E-state index in [0.29, 0.717) is 12.3 Å². The molecule has 0 aliphatic heterocycles. The Morgan fingerprint density at radius 3 is 3.25 bits per heavy atom. The first-order valence-electron chi connectivity index (χ1n) is 3.63. The molecule has 0 fully saturated rings. The summed E-state index contributed by atoms with van der Waals surface area (Å²) in [6.07, 6.45) is 2.85. The Labute approximate surface area is 70.5 Å². The Bertz CT molecular complexity index is 274. The molecule has 1 rings (SSSR count). The van der Waals surface area contributed by atoms with Crippen LogP contribution < -0.4 is 4.74 Å². The van der Waals surface area contributed by atoms with Gasteiger partial charge in [-0.1, -0.05) is 5.16 Å². The predicted octanol–water partition coefficient (Wildman–Crippen LogP) is 1.29. The molecule has 0 amide bonds. The average Bonchev–Trinajstić information content (AvgIpc) is 2.06. The summed E-state index contributed by atoms with van der Waals surface area (Å²) in [6, 6.07) is 3.45. The van der Waals surface area contributed by atoms with E-state index < -0.39 is 0 Å². The van der Waals surface area contributed by atoms with Gasteiger partial charge in [0.05, 0.1) is 18.5 Å². The van der Waals surface area contributed by atoms with E-state index in [2.05, 4.69) is 10.1 Å². The van der Waals surface area contributed by atoms with Gasteiger partial charge in [-0.25, -0.2) is 0 Å². The molecule has 0 atom stereocenters. The van der Waals surface area contributed by atoms with E-state index in [1.165, 1.54) is 6.21 Å². The molecule has 1 N–H and O–H groups in total. The van der Waals surface area contributed by atoms with Gasteiger partial charge in [-0.2, -0.15) is 0 Å². The SMILES string of the molecule is CCOc1ccnc(C=NO)c1. The molecule has 0 aliphatic carbocycles. The van der Waals surface area contributed by atoms with E-state index in [4.69, 9.17) is 9.94 Å². The highest BCUT2D eigenvalue weighted by atomic mass is 16.5. The number of hydrogen-bond acceptors (Lipinski definition) is 4. The summed E-state index contributed by atoms with van der Waals surface area (Å²) in [7, 11) is 0. The Balaban J connectivity index is 2.80. The van der Waals surface area contributed by atoms with Crippen LogP contribution in [0.2, 0.25) is 0 Å². The molecule has 64 valence electrons. The smallest absolute Gasteiger partial charge is 0.123 e. The molecule has 0 saturated carbocycles. The molecule has 0 radical (unpaired) electrons. The maximum absolute atomic E-state index is 8.23. The molecular weight excluding hydrogens is 156 g/mol. The third-order valence-electron chi connectivity index (χ3n) is 1.25. The minimum absolute atomic E-state index is 0.573. The number of rotatable bonds is 3. The minimum Gasteiger partial charge on any atom is -0.494 e. The molecule has 0 bridgehead atoms. The van der Waals surface area contributed by atoms with E-state index in [1.807, 2.05) is 6.92 Å². The maximum Gasteiger partial charge on any atom is 0.123 e. The number of nitrogens with zero attached hydrogens (tertiary/aromatic N) is 2. The zero-order valence-corrected chi connectivity index (χ0v) is 6.77. The second kappa shape index (κ2) is 4.33. The number of hydrogen-bond donors (Lipinski definition) is 1. The van der Waals surface area contributed by atoms with E-state index in [1.54, 1.807) is 18.3 Å². The normalized spacial score (nSPS) is 10.4. The predicted molar refractivity (Wildman–Crippen MR) is 44.8 cm³/mol. The van der Waals surface area contributed by atoms with Crippen molar-refractivity contribution in [2.24, 2.45) is 5.16 Å². The van der Waals surface area contributed by atoms with Crippen LogP contribution in [0.15, 0.2) is 23.5 Å². The van der Waals surface area contributed by atoms with Gasteiger partial charge in [-0.15, -0.1) is 0 Å². The number of aromatic nitrogens is 1. The zero-order valence-electron chi connectivity index (χ0n) is 6.77. The van der Waals surface area contributed by atoms with Crippen LogP contribution in [0.4, 0.5) is 0 Å². The van der Waals surface area contributed by atoms with Gasteiger partial charge < -0.3 is 9.94 Å².